The van der Waals surface area contributed by atoms with Crippen molar-refractivity contribution in [1.82, 2.24) is 10.6 Å². The topological polar surface area (TPSA) is 114 Å². The normalized spacial score (nSPS) is 14.2. The number of methoxy groups -OCH3 is 1. The summed E-state index contributed by atoms with van der Waals surface area (Å²) in [5.41, 5.74) is 4.54. The summed E-state index contributed by atoms with van der Waals surface area (Å²) in [6, 6.07) is 15.2. The van der Waals surface area contributed by atoms with Gasteiger partial charge in [0.1, 0.15) is 12.6 Å². The van der Waals surface area contributed by atoms with Crippen molar-refractivity contribution < 1.29 is 29.0 Å². The van der Waals surface area contributed by atoms with Gasteiger partial charge in [0.15, 0.2) is 0 Å². The van der Waals surface area contributed by atoms with Crippen LogP contribution in [-0.2, 0) is 19.1 Å². The molecule has 0 heterocycles. The van der Waals surface area contributed by atoms with Crippen LogP contribution in [-0.4, -0.2) is 55.5 Å². The second-order valence-electron chi connectivity index (χ2n) is 8.40. The lowest BCUT2D eigenvalue weighted by Crippen LogP contribution is -2.46. The average molecular weight is 455 g/mol. The van der Waals surface area contributed by atoms with Crippen LogP contribution < -0.4 is 10.6 Å². The third-order valence-corrected chi connectivity index (χ3v) is 5.81. The first-order chi connectivity index (χ1) is 15.8. The molecule has 0 bridgehead atoms. The van der Waals surface area contributed by atoms with Gasteiger partial charge in [0.05, 0.1) is 12.5 Å². The molecule has 0 fully saturated rings. The molecule has 8 nitrogen and oxygen atoms in total. The number of rotatable bonds is 10. The molecule has 0 aromatic heterocycles. The van der Waals surface area contributed by atoms with Gasteiger partial charge in [-0.2, -0.15) is 0 Å². The van der Waals surface area contributed by atoms with Gasteiger partial charge in [0.2, 0.25) is 5.91 Å². The Kier molecular flexibility index (Phi) is 8.06. The fourth-order valence-electron chi connectivity index (χ4n) is 4.04. The van der Waals surface area contributed by atoms with E-state index in [0.29, 0.717) is 0 Å². The number of carboxylic acid groups (broad SMARTS) is 1. The molecule has 2 atom stereocenters. The summed E-state index contributed by atoms with van der Waals surface area (Å²) < 4.78 is 10.7. The molecule has 0 saturated carbocycles. The number of benzene rings is 2. The highest BCUT2D eigenvalue weighted by Crippen LogP contribution is 2.44. The minimum atomic E-state index is -1.09. The number of nitrogens with one attached hydrogen (secondary N) is 2. The van der Waals surface area contributed by atoms with Gasteiger partial charge in [-0.25, -0.2) is 9.59 Å². The SMILES string of the molecule is COC(CNC(=O)OCC1c2ccccc2-c2ccccc21)CC(=O)N[C@@H](C(=O)O)C(C)C. The summed E-state index contributed by atoms with van der Waals surface area (Å²) in [6.45, 7) is 3.67. The highest BCUT2D eigenvalue weighted by Gasteiger charge is 2.29. The number of carbonyl (C=O) groups is 3. The van der Waals surface area contributed by atoms with Gasteiger partial charge in [-0.1, -0.05) is 62.4 Å². The molecule has 3 rings (SSSR count). The molecular formula is C25H30N2O6. The standard InChI is InChI=1S/C25H30N2O6/c1-15(2)23(24(29)30)27-22(28)12-16(32-3)13-26-25(31)33-14-21-19-10-6-4-8-17(19)18-9-5-7-11-20(18)21/h4-11,15-16,21,23H,12-14H2,1-3H3,(H,26,31)(H,27,28)(H,29,30)/t16?,23-/m1/s1. The summed E-state index contributed by atoms with van der Waals surface area (Å²) in [4.78, 5) is 35.8. The molecule has 0 aliphatic heterocycles. The maximum atomic E-state index is 12.3. The van der Waals surface area contributed by atoms with E-state index in [1.165, 1.54) is 7.11 Å². The number of hydrogen-bond donors (Lipinski definition) is 3. The van der Waals surface area contributed by atoms with Crippen molar-refractivity contribution in [3.63, 3.8) is 0 Å². The predicted molar refractivity (Wildman–Crippen MR) is 123 cm³/mol. The Morgan fingerprint density at radius 1 is 1.00 bits per heavy atom. The van der Waals surface area contributed by atoms with E-state index in [4.69, 9.17) is 9.47 Å². The van der Waals surface area contributed by atoms with Gasteiger partial charge in [-0.15, -0.1) is 0 Å². The molecule has 2 aromatic carbocycles. The molecule has 2 aromatic rings. The number of alkyl carbamates (subject to hydrolysis) is 1. The second-order valence-corrected chi connectivity index (χ2v) is 8.40. The van der Waals surface area contributed by atoms with Crippen LogP contribution in [0.25, 0.3) is 11.1 Å². The van der Waals surface area contributed by atoms with E-state index >= 15 is 0 Å². The van der Waals surface area contributed by atoms with Crippen LogP contribution in [0.2, 0.25) is 0 Å². The van der Waals surface area contributed by atoms with Crippen LogP contribution in [0.4, 0.5) is 4.79 Å². The third kappa shape index (κ3) is 5.90. The van der Waals surface area contributed by atoms with E-state index in [0.717, 1.165) is 22.3 Å². The Labute approximate surface area is 193 Å². The fraction of sp³-hybridized carbons (Fsp3) is 0.400. The van der Waals surface area contributed by atoms with E-state index in [9.17, 15) is 19.5 Å². The molecule has 0 spiro atoms. The first-order valence-corrected chi connectivity index (χ1v) is 11.0. The molecule has 3 N–H and O–H groups in total. The van der Waals surface area contributed by atoms with Crippen LogP contribution in [0.5, 0.6) is 0 Å². The highest BCUT2D eigenvalue weighted by molar-refractivity contribution is 5.84. The molecule has 0 saturated heterocycles. The Hall–Kier alpha value is -3.39. The van der Waals surface area contributed by atoms with Crippen molar-refractivity contribution in [2.24, 2.45) is 5.92 Å². The van der Waals surface area contributed by atoms with E-state index in [1.807, 2.05) is 36.4 Å². The largest absolute Gasteiger partial charge is 0.480 e. The van der Waals surface area contributed by atoms with Gasteiger partial charge in [0, 0.05) is 19.6 Å². The maximum absolute atomic E-state index is 12.3. The number of aliphatic carboxylic acids is 1. The minimum Gasteiger partial charge on any atom is -0.480 e. The first-order valence-electron chi connectivity index (χ1n) is 11.0. The summed E-state index contributed by atoms with van der Waals surface area (Å²) in [7, 11) is 1.43. The zero-order valence-corrected chi connectivity index (χ0v) is 19.0. The summed E-state index contributed by atoms with van der Waals surface area (Å²) in [5.74, 6) is -1.86. The Morgan fingerprint density at radius 3 is 2.09 bits per heavy atom. The number of ether oxygens (including phenoxy) is 2. The molecule has 1 unspecified atom stereocenters. The second kappa shape index (κ2) is 11.0. The van der Waals surface area contributed by atoms with Crippen LogP contribution in [0.1, 0.15) is 37.3 Å². The maximum Gasteiger partial charge on any atom is 0.407 e. The lowest BCUT2D eigenvalue weighted by molar-refractivity contribution is -0.143. The van der Waals surface area contributed by atoms with E-state index in [-0.39, 0.29) is 31.4 Å². The van der Waals surface area contributed by atoms with E-state index in [2.05, 4.69) is 22.8 Å². The van der Waals surface area contributed by atoms with Crippen molar-refractivity contribution in [1.29, 1.82) is 0 Å². The zero-order chi connectivity index (χ0) is 24.0. The monoisotopic (exact) mass is 454 g/mol. The Bertz CT molecular complexity index is 960. The fourth-order valence-corrected chi connectivity index (χ4v) is 4.04. The minimum absolute atomic E-state index is 0.0452. The van der Waals surface area contributed by atoms with Gasteiger partial charge >= 0.3 is 12.1 Å². The first kappa shape index (κ1) is 24.3. The van der Waals surface area contributed by atoms with Crippen LogP contribution in [0, 0.1) is 5.92 Å². The smallest absolute Gasteiger partial charge is 0.407 e. The van der Waals surface area contributed by atoms with E-state index in [1.54, 1.807) is 13.8 Å². The van der Waals surface area contributed by atoms with Crippen LogP contribution in [0.3, 0.4) is 0 Å². The Morgan fingerprint density at radius 2 is 1.58 bits per heavy atom. The van der Waals surface area contributed by atoms with Gasteiger partial charge in [-0.05, 0) is 28.2 Å². The lowest BCUT2D eigenvalue weighted by Gasteiger charge is -2.20. The number of amides is 2. The molecule has 2 amide bonds. The number of fused-ring (bicyclic) bond motifs is 3. The van der Waals surface area contributed by atoms with Gasteiger partial charge in [0.25, 0.3) is 0 Å². The van der Waals surface area contributed by atoms with Crippen molar-refractivity contribution in [3.8, 4) is 11.1 Å². The molecule has 1 aliphatic rings. The lowest BCUT2D eigenvalue weighted by atomic mass is 9.98. The Balaban J connectivity index is 1.51. The number of carboxylic acids is 1. The average Bonchev–Trinajstić information content (AvgIpc) is 3.12. The van der Waals surface area contributed by atoms with Crippen LogP contribution >= 0.6 is 0 Å². The predicted octanol–water partition coefficient (Wildman–Crippen LogP) is 3.16. The molecule has 8 heteroatoms. The highest BCUT2D eigenvalue weighted by atomic mass is 16.5. The van der Waals surface area contributed by atoms with Crippen molar-refractivity contribution in [3.05, 3.63) is 59.7 Å². The van der Waals surface area contributed by atoms with Crippen molar-refractivity contribution in [2.75, 3.05) is 20.3 Å². The molecule has 0 radical (unpaired) electrons. The third-order valence-electron chi connectivity index (χ3n) is 5.81. The quantitative estimate of drug-likeness (QED) is 0.508. The van der Waals surface area contributed by atoms with Crippen molar-refractivity contribution >= 4 is 18.0 Å². The van der Waals surface area contributed by atoms with Gasteiger partial charge in [-0.3, -0.25) is 4.79 Å². The molecule has 33 heavy (non-hydrogen) atoms. The van der Waals surface area contributed by atoms with E-state index < -0.39 is 30.1 Å². The molecule has 1 aliphatic carbocycles. The van der Waals surface area contributed by atoms with Crippen LogP contribution in [0.15, 0.2) is 48.5 Å². The summed E-state index contributed by atoms with van der Waals surface area (Å²) in [6.07, 6.45) is -1.31. The zero-order valence-electron chi connectivity index (χ0n) is 19.0. The number of carbonyl (C=O) groups excluding carboxylic acids is 2. The molecular weight excluding hydrogens is 424 g/mol. The summed E-state index contributed by atoms with van der Waals surface area (Å²) >= 11 is 0. The molecule has 176 valence electrons. The van der Waals surface area contributed by atoms with Gasteiger partial charge < -0.3 is 25.2 Å². The van der Waals surface area contributed by atoms with Crippen molar-refractivity contribution in [2.45, 2.75) is 38.3 Å². The number of hydrogen-bond acceptors (Lipinski definition) is 5. The summed E-state index contributed by atoms with van der Waals surface area (Å²) in [5, 5.41) is 14.3.